The highest BCUT2D eigenvalue weighted by Gasteiger charge is 2.30. The van der Waals surface area contributed by atoms with Gasteiger partial charge in [-0.15, -0.1) is 0 Å². The topological polar surface area (TPSA) is 15.3 Å². The van der Waals surface area contributed by atoms with E-state index in [1.807, 2.05) is 0 Å². The number of nitrogens with zero attached hydrogens (tertiary/aromatic N) is 1. The molecule has 3 unspecified atom stereocenters. The number of nitrogens with one attached hydrogen (secondary N) is 1. The predicted octanol–water partition coefficient (Wildman–Crippen LogP) is 3.03. The minimum absolute atomic E-state index is 0.628. The highest BCUT2D eigenvalue weighted by Crippen LogP contribution is 2.29. The molecule has 1 aliphatic carbocycles. The Morgan fingerprint density at radius 3 is 2.53 bits per heavy atom. The molecule has 0 amide bonds. The second kappa shape index (κ2) is 6.19. The zero-order valence-corrected chi connectivity index (χ0v) is 11.9. The predicted molar refractivity (Wildman–Crippen MR) is 74.3 cm³/mol. The van der Waals surface area contributed by atoms with Crippen LogP contribution in [0.4, 0.5) is 0 Å². The molecule has 2 heteroatoms. The van der Waals surface area contributed by atoms with E-state index in [0.717, 1.165) is 18.0 Å². The van der Waals surface area contributed by atoms with E-state index >= 15 is 0 Å². The van der Waals surface area contributed by atoms with Crippen molar-refractivity contribution in [3.05, 3.63) is 0 Å². The highest BCUT2D eigenvalue weighted by atomic mass is 15.2. The summed E-state index contributed by atoms with van der Waals surface area (Å²) in [7, 11) is 0. The molecule has 0 radical (unpaired) electrons. The van der Waals surface area contributed by atoms with Gasteiger partial charge in [0.05, 0.1) is 0 Å². The molecule has 2 fully saturated rings. The van der Waals surface area contributed by atoms with Crippen LogP contribution < -0.4 is 5.32 Å². The largest absolute Gasteiger partial charge is 0.311 e. The van der Waals surface area contributed by atoms with Crippen LogP contribution in [0.3, 0.4) is 0 Å². The molecule has 2 aliphatic rings. The van der Waals surface area contributed by atoms with Crippen LogP contribution in [-0.4, -0.2) is 36.1 Å². The maximum absolute atomic E-state index is 3.72. The monoisotopic (exact) mass is 238 g/mol. The Bertz CT molecular complexity index is 227. The maximum Gasteiger partial charge on any atom is 0.0197 e. The third-order valence-corrected chi connectivity index (χ3v) is 4.56. The van der Waals surface area contributed by atoms with Gasteiger partial charge in [-0.25, -0.2) is 0 Å². The van der Waals surface area contributed by atoms with Crippen LogP contribution in [0.5, 0.6) is 0 Å². The minimum Gasteiger partial charge on any atom is -0.311 e. The fourth-order valence-electron chi connectivity index (χ4n) is 3.75. The fourth-order valence-corrected chi connectivity index (χ4v) is 3.75. The van der Waals surface area contributed by atoms with Crippen molar-refractivity contribution in [3.63, 3.8) is 0 Å². The fraction of sp³-hybridized carbons (Fsp3) is 1.00. The molecule has 1 aliphatic heterocycles. The van der Waals surface area contributed by atoms with E-state index in [-0.39, 0.29) is 0 Å². The van der Waals surface area contributed by atoms with Crippen molar-refractivity contribution in [1.82, 2.24) is 10.2 Å². The molecule has 17 heavy (non-hydrogen) atoms. The first-order valence-corrected chi connectivity index (χ1v) is 7.67. The quantitative estimate of drug-likeness (QED) is 0.813. The summed E-state index contributed by atoms with van der Waals surface area (Å²) in [5.74, 6) is 0.918. The van der Waals surface area contributed by atoms with Gasteiger partial charge in [-0.05, 0) is 38.1 Å². The second-order valence-corrected chi connectivity index (χ2v) is 6.48. The Kier molecular flexibility index (Phi) is 4.87. The van der Waals surface area contributed by atoms with E-state index < -0.39 is 0 Å². The lowest BCUT2D eigenvalue weighted by Crippen LogP contribution is -2.53. The van der Waals surface area contributed by atoms with E-state index in [0.29, 0.717) is 6.04 Å². The van der Waals surface area contributed by atoms with E-state index in [1.54, 1.807) is 0 Å². The lowest BCUT2D eigenvalue weighted by atomic mass is 9.84. The SMILES string of the molecule is CC(C)NC1CCCN(C2CCCCC2C)C1. The zero-order chi connectivity index (χ0) is 12.3. The van der Waals surface area contributed by atoms with Crippen molar-refractivity contribution in [2.75, 3.05) is 13.1 Å². The average molecular weight is 238 g/mol. The Balaban J connectivity index is 1.87. The van der Waals surface area contributed by atoms with E-state index in [1.165, 1.54) is 51.6 Å². The van der Waals surface area contributed by atoms with Crippen LogP contribution in [0.1, 0.15) is 59.3 Å². The maximum atomic E-state index is 3.72. The molecule has 2 rings (SSSR count). The Hall–Kier alpha value is -0.0800. The third kappa shape index (κ3) is 3.69. The van der Waals surface area contributed by atoms with Gasteiger partial charge in [0.2, 0.25) is 0 Å². The Morgan fingerprint density at radius 2 is 1.82 bits per heavy atom. The van der Waals surface area contributed by atoms with Crippen molar-refractivity contribution in [3.8, 4) is 0 Å². The Morgan fingerprint density at radius 1 is 1.06 bits per heavy atom. The molecular formula is C15H30N2. The van der Waals surface area contributed by atoms with Gasteiger partial charge < -0.3 is 5.32 Å². The highest BCUT2D eigenvalue weighted by molar-refractivity contribution is 4.87. The van der Waals surface area contributed by atoms with Gasteiger partial charge in [0.1, 0.15) is 0 Å². The summed E-state index contributed by atoms with van der Waals surface area (Å²) in [6.45, 7) is 9.62. The lowest BCUT2D eigenvalue weighted by Gasteiger charge is -2.43. The molecular weight excluding hydrogens is 208 g/mol. The number of likely N-dealkylation sites (tertiary alicyclic amines) is 1. The van der Waals surface area contributed by atoms with Crippen molar-refractivity contribution in [1.29, 1.82) is 0 Å². The van der Waals surface area contributed by atoms with Crippen LogP contribution in [-0.2, 0) is 0 Å². The zero-order valence-electron chi connectivity index (χ0n) is 11.9. The van der Waals surface area contributed by atoms with Crippen LogP contribution in [0.15, 0.2) is 0 Å². The number of hydrogen-bond donors (Lipinski definition) is 1. The van der Waals surface area contributed by atoms with E-state index in [9.17, 15) is 0 Å². The summed E-state index contributed by atoms with van der Waals surface area (Å²) in [5.41, 5.74) is 0. The molecule has 0 aromatic rings. The summed E-state index contributed by atoms with van der Waals surface area (Å²) >= 11 is 0. The van der Waals surface area contributed by atoms with Gasteiger partial charge in [0.25, 0.3) is 0 Å². The number of piperidine rings is 1. The average Bonchev–Trinajstić information content (AvgIpc) is 2.29. The smallest absolute Gasteiger partial charge is 0.0197 e. The first-order valence-electron chi connectivity index (χ1n) is 7.67. The summed E-state index contributed by atoms with van der Waals surface area (Å²) in [6, 6.07) is 2.24. The van der Waals surface area contributed by atoms with E-state index in [2.05, 4.69) is 31.0 Å². The van der Waals surface area contributed by atoms with Gasteiger partial charge >= 0.3 is 0 Å². The second-order valence-electron chi connectivity index (χ2n) is 6.48. The van der Waals surface area contributed by atoms with Crippen molar-refractivity contribution >= 4 is 0 Å². The minimum atomic E-state index is 0.628. The summed E-state index contributed by atoms with van der Waals surface area (Å²) in [4.78, 5) is 2.79. The molecule has 1 N–H and O–H groups in total. The molecule has 0 aromatic carbocycles. The summed E-state index contributed by atoms with van der Waals surface area (Å²) in [5, 5.41) is 3.72. The van der Waals surface area contributed by atoms with E-state index in [4.69, 9.17) is 0 Å². The molecule has 0 spiro atoms. The van der Waals surface area contributed by atoms with Gasteiger partial charge in [0, 0.05) is 24.7 Å². The molecule has 0 aromatic heterocycles. The number of hydrogen-bond acceptors (Lipinski definition) is 2. The summed E-state index contributed by atoms with van der Waals surface area (Å²) < 4.78 is 0. The van der Waals surface area contributed by atoms with Crippen molar-refractivity contribution < 1.29 is 0 Å². The van der Waals surface area contributed by atoms with Crippen LogP contribution in [0.25, 0.3) is 0 Å². The standard InChI is InChI=1S/C15H30N2/c1-12(2)16-14-8-6-10-17(11-14)15-9-5-4-7-13(15)3/h12-16H,4-11H2,1-3H3. The van der Waals surface area contributed by atoms with Gasteiger partial charge in [-0.2, -0.15) is 0 Å². The van der Waals surface area contributed by atoms with Gasteiger partial charge in [0.15, 0.2) is 0 Å². The van der Waals surface area contributed by atoms with Crippen LogP contribution in [0, 0.1) is 5.92 Å². The molecule has 100 valence electrons. The van der Waals surface area contributed by atoms with Crippen LogP contribution >= 0.6 is 0 Å². The molecule has 2 nitrogen and oxygen atoms in total. The first-order chi connectivity index (χ1) is 8.16. The molecule has 0 bridgehead atoms. The van der Waals surface area contributed by atoms with Crippen LogP contribution in [0.2, 0.25) is 0 Å². The molecule has 1 heterocycles. The van der Waals surface area contributed by atoms with Crippen molar-refractivity contribution in [2.24, 2.45) is 5.92 Å². The molecule has 1 saturated heterocycles. The molecule has 3 atom stereocenters. The summed E-state index contributed by atoms with van der Waals surface area (Å²) in [6.07, 6.45) is 8.55. The normalized spacial score (nSPS) is 36.4. The lowest BCUT2D eigenvalue weighted by molar-refractivity contribution is 0.0755. The molecule has 1 saturated carbocycles. The van der Waals surface area contributed by atoms with Crippen molar-refractivity contribution in [2.45, 2.75) is 77.4 Å². The van der Waals surface area contributed by atoms with Gasteiger partial charge in [-0.3, -0.25) is 4.90 Å². The number of rotatable bonds is 3. The first kappa shape index (κ1) is 13.4. The third-order valence-electron chi connectivity index (χ3n) is 4.56. The van der Waals surface area contributed by atoms with Gasteiger partial charge in [-0.1, -0.05) is 33.6 Å². The Labute approximate surface area is 107 Å².